The van der Waals surface area contributed by atoms with E-state index >= 15 is 0 Å². The van der Waals surface area contributed by atoms with Crippen LogP contribution in [0.25, 0.3) is 10.8 Å². The van der Waals surface area contributed by atoms with Crippen molar-refractivity contribution in [1.82, 2.24) is 4.98 Å². The molecular formula is C18H15NO2. The zero-order valence-corrected chi connectivity index (χ0v) is 11.7. The molecule has 3 nitrogen and oxygen atoms in total. The van der Waals surface area contributed by atoms with Crippen LogP contribution in [0.15, 0.2) is 60.9 Å². The van der Waals surface area contributed by atoms with Crippen LogP contribution < -0.4 is 4.74 Å². The van der Waals surface area contributed by atoms with E-state index in [1.807, 2.05) is 48.5 Å². The first-order valence-corrected chi connectivity index (χ1v) is 6.77. The molecule has 0 aliphatic heterocycles. The number of ketones is 1. The molecule has 0 saturated carbocycles. The van der Waals surface area contributed by atoms with E-state index in [2.05, 4.69) is 4.98 Å². The van der Waals surface area contributed by atoms with Gasteiger partial charge in [0.05, 0.1) is 7.11 Å². The van der Waals surface area contributed by atoms with Crippen molar-refractivity contribution in [1.29, 1.82) is 0 Å². The quantitative estimate of drug-likeness (QED) is 0.683. The molecule has 2 aromatic carbocycles. The van der Waals surface area contributed by atoms with E-state index < -0.39 is 0 Å². The van der Waals surface area contributed by atoms with Crippen molar-refractivity contribution in [2.24, 2.45) is 0 Å². The molecule has 3 rings (SSSR count). The number of hydrogen-bond donors (Lipinski definition) is 0. The van der Waals surface area contributed by atoms with Crippen molar-refractivity contribution >= 4 is 16.6 Å². The number of rotatable bonds is 4. The van der Waals surface area contributed by atoms with Gasteiger partial charge in [-0.2, -0.15) is 0 Å². The Morgan fingerprint density at radius 1 is 1.14 bits per heavy atom. The van der Waals surface area contributed by atoms with Crippen LogP contribution in [0.4, 0.5) is 0 Å². The molecule has 1 aromatic heterocycles. The third-order valence-corrected chi connectivity index (χ3v) is 3.48. The smallest absolute Gasteiger partial charge is 0.167 e. The molecule has 0 spiro atoms. The number of benzene rings is 2. The summed E-state index contributed by atoms with van der Waals surface area (Å²) in [6.07, 6.45) is 3.83. The van der Waals surface area contributed by atoms with E-state index in [9.17, 15) is 4.79 Å². The summed E-state index contributed by atoms with van der Waals surface area (Å²) in [5.74, 6) is 0.849. The summed E-state index contributed by atoms with van der Waals surface area (Å²) >= 11 is 0. The Balaban J connectivity index is 1.93. The Bertz CT molecular complexity index is 791. The number of fused-ring (bicyclic) bond motifs is 1. The van der Waals surface area contributed by atoms with E-state index in [4.69, 9.17) is 4.74 Å². The Morgan fingerprint density at radius 2 is 2.00 bits per heavy atom. The van der Waals surface area contributed by atoms with Gasteiger partial charge in [0.1, 0.15) is 5.75 Å². The average Bonchev–Trinajstić information content (AvgIpc) is 2.54. The third kappa shape index (κ3) is 2.77. The summed E-state index contributed by atoms with van der Waals surface area (Å²) in [5.41, 5.74) is 1.66. The fraction of sp³-hybridized carbons (Fsp3) is 0.111. The molecular weight excluding hydrogens is 262 g/mol. The van der Waals surface area contributed by atoms with Gasteiger partial charge in [0.2, 0.25) is 0 Å². The number of carbonyl (C=O) groups is 1. The molecule has 3 aromatic rings. The van der Waals surface area contributed by atoms with Crippen LogP contribution in [0.5, 0.6) is 5.75 Å². The topological polar surface area (TPSA) is 39.2 Å². The largest absolute Gasteiger partial charge is 0.497 e. The molecule has 0 bridgehead atoms. The molecule has 0 fully saturated rings. The SMILES string of the molecule is COc1cccc(CC(=O)c2cccc3ccncc23)c1. The predicted molar refractivity (Wildman–Crippen MR) is 82.8 cm³/mol. The Morgan fingerprint density at radius 3 is 2.86 bits per heavy atom. The van der Waals surface area contributed by atoms with Gasteiger partial charge in [-0.05, 0) is 29.1 Å². The van der Waals surface area contributed by atoms with Gasteiger partial charge < -0.3 is 4.74 Å². The van der Waals surface area contributed by atoms with Crippen molar-refractivity contribution in [2.45, 2.75) is 6.42 Å². The average molecular weight is 277 g/mol. The molecule has 3 heteroatoms. The first kappa shape index (κ1) is 13.3. The van der Waals surface area contributed by atoms with Crippen LogP contribution in [-0.4, -0.2) is 17.9 Å². The second-order valence-corrected chi connectivity index (χ2v) is 4.85. The van der Waals surface area contributed by atoms with Crippen molar-refractivity contribution in [3.05, 3.63) is 72.1 Å². The molecule has 0 atom stereocenters. The van der Waals surface area contributed by atoms with Crippen LogP contribution in [0.3, 0.4) is 0 Å². The standard InChI is InChI=1S/C18H15NO2/c1-21-15-6-2-4-13(10-15)11-18(20)16-7-3-5-14-8-9-19-12-17(14)16/h2-10,12H,11H2,1H3. The summed E-state index contributed by atoms with van der Waals surface area (Å²) in [6.45, 7) is 0. The van der Waals surface area contributed by atoms with Gasteiger partial charge in [0, 0.05) is 29.8 Å². The maximum absolute atomic E-state index is 12.6. The predicted octanol–water partition coefficient (Wildman–Crippen LogP) is 3.67. The minimum absolute atomic E-state index is 0.0850. The van der Waals surface area contributed by atoms with Crippen molar-refractivity contribution in [3.8, 4) is 5.75 Å². The molecule has 1 heterocycles. The molecule has 104 valence electrons. The lowest BCUT2D eigenvalue weighted by Crippen LogP contribution is -2.04. The number of aromatic nitrogens is 1. The summed E-state index contributed by atoms with van der Waals surface area (Å²) in [5, 5.41) is 1.93. The number of methoxy groups -OCH3 is 1. The molecule has 0 radical (unpaired) electrons. The van der Waals surface area contributed by atoms with Crippen molar-refractivity contribution in [3.63, 3.8) is 0 Å². The fourth-order valence-corrected chi connectivity index (χ4v) is 2.42. The summed E-state index contributed by atoms with van der Waals surface area (Å²) < 4.78 is 5.19. The van der Waals surface area contributed by atoms with Crippen LogP contribution in [0.1, 0.15) is 15.9 Å². The highest BCUT2D eigenvalue weighted by atomic mass is 16.5. The minimum atomic E-state index is 0.0850. The first-order valence-electron chi connectivity index (χ1n) is 6.77. The number of Topliss-reactive ketones (excluding diaryl/α,β-unsaturated/α-hetero) is 1. The van der Waals surface area contributed by atoms with Gasteiger partial charge in [-0.3, -0.25) is 9.78 Å². The maximum Gasteiger partial charge on any atom is 0.167 e. The lowest BCUT2D eigenvalue weighted by atomic mass is 9.98. The maximum atomic E-state index is 12.6. The molecule has 0 amide bonds. The molecule has 0 saturated heterocycles. The van der Waals surface area contributed by atoms with E-state index in [0.29, 0.717) is 12.0 Å². The minimum Gasteiger partial charge on any atom is -0.497 e. The van der Waals surface area contributed by atoms with Crippen molar-refractivity contribution < 1.29 is 9.53 Å². The van der Waals surface area contributed by atoms with E-state index in [0.717, 1.165) is 22.1 Å². The fourth-order valence-electron chi connectivity index (χ4n) is 2.42. The van der Waals surface area contributed by atoms with Crippen LogP contribution in [0.2, 0.25) is 0 Å². The number of ether oxygens (including phenoxy) is 1. The lowest BCUT2D eigenvalue weighted by molar-refractivity contribution is 0.0994. The Hall–Kier alpha value is -2.68. The van der Waals surface area contributed by atoms with Crippen molar-refractivity contribution in [2.75, 3.05) is 7.11 Å². The molecule has 0 aliphatic carbocycles. The van der Waals surface area contributed by atoms with E-state index in [-0.39, 0.29) is 5.78 Å². The highest BCUT2D eigenvalue weighted by Gasteiger charge is 2.11. The zero-order chi connectivity index (χ0) is 14.7. The van der Waals surface area contributed by atoms with Gasteiger partial charge in [-0.15, -0.1) is 0 Å². The Labute approximate surface area is 123 Å². The normalized spacial score (nSPS) is 10.5. The first-order chi connectivity index (χ1) is 10.3. The monoisotopic (exact) mass is 277 g/mol. The second-order valence-electron chi connectivity index (χ2n) is 4.85. The van der Waals surface area contributed by atoms with Gasteiger partial charge in [-0.25, -0.2) is 0 Å². The van der Waals surface area contributed by atoms with Gasteiger partial charge in [0.25, 0.3) is 0 Å². The summed E-state index contributed by atoms with van der Waals surface area (Å²) in [4.78, 5) is 16.7. The molecule has 21 heavy (non-hydrogen) atoms. The molecule has 0 unspecified atom stereocenters. The molecule has 0 N–H and O–H groups in total. The number of hydrogen-bond acceptors (Lipinski definition) is 3. The summed E-state index contributed by atoms with van der Waals surface area (Å²) in [6, 6.07) is 15.2. The van der Waals surface area contributed by atoms with E-state index in [1.54, 1.807) is 19.5 Å². The van der Waals surface area contributed by atoms with Gasteiger partial charge >= 0.3 is 0 Å². The molecule has 0 aliphatic rings. The zero-order valence-electron chi connectivity index (χ0n) is 11.7. The number of pyridine rings is 1. The van der Waals surface area contributed by atoms with E-state index in [1.165, 1.54) is 0 Å². The number of nitrogens with zero attached hydrogens (tertiary/aromatic N) is 1. The Kier molecular flexibility index (Phi) is 3.65. The van der Waals surface area contributed by atoms with Gasteiger partial charge in [0.15, 0.2) is 5.78 Å². The second kappa shape index (κ2) is 5.75. The van der Waals surface area contributed by atoms with Crippen LogP contribution in [-0.2, 0) is 6.42 Å². The lowest BCUT2D eigenvalue weighted by Gasteiger charge is -2.07. The van der Waals surface area contributed by atoms with Crippen LogP contribution in [0, 0.1) is 0 Å². The van der Waals surface area contributed by atoms with Crippen LogP contribution >= 0.6 is 0 Å². The van der Waals surface area contributed by atoms with Gasteiger partial charge in [-0.1, -0.05) is 30.3 Å². The number of carbonyl (C=O) groups excluding carboxylic acids is 1. The third-order valence-electron chi connectivity index (χ3n) is 3.48. The highest BCUT2D eigenvalue weighted by molar-refractivity contribution is 6.08. The highest BCUT2D eigenvalue weighted by Crippen LogP contribution is 2.20. The summed E-state index contributed by atoms with van der Waals surface area (Å²) in [7, 11) is 1.62.